The van der Waals surface area contributed by atoms with Crippen LogP contribution in [0.3, 0.4) is 0 Å². The number of cyclic esters (lactones) is 1. The van der Waals surface area contributed by atoms with Crippen LogP contribution in [0.5, 0.6) is 0 Å². The molecule has 6 rings (SSSR count). The monoisotopic (exact) mass is 576 g/mol. The van der Waals surface area contributed by atoms with Crippen molar-refractivity contribution >= 4 is 24.0 Å². The molecule has 4 aliphatic rings. The van der Waals surface area contributed by atoms with Crippen molar-refractivity contribution in [2.75, 3.05) is 36.4 Å². The van der Waals surface area contributed by atoms with Crippen LogP contribution < -0.4 is 10.2 Å². The molecule has 1 aromatic heterocycles. The van der Waals surface area contributed by atoms with E-state index < -0.39 is 5.60 Å². The number of anilines is 2. The molecule has 1 fully saturated rings. The normalized spacial score (nSPS) is 24.7. The number of piperazine rings is 1. The molecule has 4 aliphatic heterocycles. The van der Waals surface area contributed by atoms with E-state index in [4.69, 9.17) is 14.5 Å². The van der Waals surface area contributed by atoms with Crippen LogP contribution in [-0.2, 0) is 16.1 Å². The average molecular weight is 577 g/mol. The molecular formula is C32H44N6O4. The average Bonchev–Trinajstić information content (AvgIpc) is 2.95. The van der Waals surface area contributed by atoms with Gasteiger partial charge in [-0.25, -0.2) is 14.6 Å². The molecule has 0 saturated carbocycles. The third kappa shape index (κ3) is 7.03. The van der Waals surface area contributed by atoms with Gasteiger partial charge in [0.05, 0.1) is 11.6 Å². The maximum absolute atomic E-state index is 12.8. The second-order valence-corrected chi connectivity index (χ2v) is 12.5. The van der Waals surface area contributed by atoms with Gasteiger partial charge in [0.2, 0.25) is 5.95 Å². The highest BCUT2D eigenvalue weighted by Crippen LogP contribution is 2.32. The zero-order valence-corrected chi connectivity index (χ0v) is 25.5. The fourth-order valence-electron chi connectivity index (χ4n) is 5.79. The van der Waals surface area contributed by atoms with Crippen molar-refractivity contribution in [3.8, 4) is 0 Å². The molecule has 0 radical (unpaired) electrons. The Kier molecular flexibility index (Phi) is 9.01. The summed E-state index contributed by atoms with van der Waals surface area (Å²) < 4.78 is 11.0. The van der Waals surface area contributed by atoms with Crippen molar-refractivity contribution in [2.45, 2.75) is 90.6 Å². The maximum atomic E-state index is 12.8. The Bertz CT molecular complexity index is 1280. The van der Waals surface area contributed by atoms with Crippen LogP contribution in [0.4, 0.5) is 21.4 Å². The van der Waals surface area contributed by atoms with Crippen LogP contribution in [-0.4, -0.2) is 69.8 Å². The molecule has 226 valence electrons. The lowest BCUT2D eigenvalue weighted by molar-refractivity contribution is 0.00963. The molecule has 2 aromatic rings. The molecule has 0 spiro atoms. The summed E-state index contributed by atoms with van der Waals surface area (Å²) in [5.74, 6) is 1.09. The number of carbonyl (C=O) groups excluding carboxylic acids is 2. The summed E-state index contributed by atoms with van der Waals surface area (Å²) in [6, 6.07) is 8.92. The predicted octanol–water partition coefficient (Wildman–Crippen LogP) is 6.22. The minimum atomic E-state index is -0.497. The number of aromatic nitrogens is 2. The molecule has 1 aromatic carbocycles. The van der Waals surface area contributed by atoms with E-state index in [9.17, 15) is 9.59 Å². The second-order valence-electron chi connectivity index (χ2n) is 12.5. The first-order valence-corrected chi connectivity index (χ1v) is 15.1. The number of allylic oxidation sites excluding steroid dienone is 1. The number of ether oxygens (including phenoxy) is 2. The number of benzene rings is 1. The molecule has 42 heavy (non-hydrogen) atoms. The summed E-state index contributed by atoms with van der Waals surface area (Å²) in [5.41, 5.74) is 2.72. The van der Waals surface area contributed by atoms with Crippen LogP contribution in [0, 0.1) is 0 Å². The van der Waals surface area contributed by atoms with Gasteiger partial charge in [-0.2, -0.15) is 4.98 Å². The first-order valence-electron chi connectivity index (χ1n) is 15.1. The summed E-state index contributed by atoms with van der Waals surface area (Å²) in [6.07, 6.45) is 9.20. The van der Waals surface area contributed by atoms with E-state index in [1.54, 1.807) is 11.1 Å². The Hall–Kier alpha value is -3.66. The van der Waals surface area contributed by atoms with E-state index >= 15 is 0 Å². The molecule has 2 amide bonds. The third-order valence-electron chi connectivity index (χ3n) is 8.12. The summed E-state index contributed by atoms with van der Waals surface area (Å²) >= 11 is 0. The fraction of sp³-hybridized carbons (Fsp3) is 0.562. The van der Waals surface area contributed by atoms with Crippen molar-refractivity contribution in [3.05, 3.63) is 59.3 Å². The maximum Gasteiger partial charge on any atom is 0.416 e. The molecule has 1 unspecified atom stereocenters. The highest BCUT2D eigenvalue weighted by molar-refractivity contribution is 5.89. The predicted molar refractivity (Wildman–Crippen MR) is 162 cm³/mol. The number of carbonyl (C=O) groups is 2. The lowest BCUT2D eigenvalue weighted by Crippen LogP contribution is -2.50. The van der Waals surface area contributed by atoms with Crippen molar-refractivity contribution in [2.24, 2.45) is 0 Å². The van der Waals surface area contributed by atoms with Gasteiger partial charge in [0.15, 0.2) is 0 Å². The van der Waals surface area contributed by atoms with E-state index in [1.807, 2.05) is 32.6 Å². The van der Waals surface area contributed by atoms with E-state index in [1.165, 1.54) is 5.56 Å². The summed E-state index contributed by atoms with van der Waals surface area (Å²) in [7, 11) is 0. The van der Waals surface area contributed by atoms with Crippen molar-refractivity contribution in [1.82, 2.24) is 19.8 Å². The number of nitrogens with one attached hydrogen (secondary N) is 1. The number of hydrogen-bond acceptors (Lipinski definition) is 8. The van der Waals surface area contributed by atoms with Crippen molar-refractivity contribution < 1.29 is 19.1 Å². The van der Waals surface area contributed by atoms with Gasteiger partial charge in [-0.15, -0.1) is 0 Å². The first kappa shape index (κ1) is 29.8. The van der Waals surface area contributed by atoms with Crippen molar-refractivity contribution in [3.63, 3.8) is 0 Å². The van der Waals surface area contributed by atoms with E-state index in [2.05, 4.69) is 58.5 Å². The zero-order chi connectivity index (χ0) is 29.9. The summed E-state index contributed by atoms with van der Waals surface area (Å²) in [6.45, 7) is 12.9. The third-order valence-corrected chi connectivity index (χ3v) is 8.12. The SMILES string of the molecule is C[C@@H]1Nc2ncc3c(n2)N(C(=O)OC3)[C@@H](C)C/C=C/CCCC(N2CCN(C(=O)OC(C)(C)C)CC2)c2ccc1cc2. The van der Waals surface area contributed by atoms with Crippen LogP contribution in [0.1, 0.15) is 89.1 Å². The standard InChI is InChI=1S/C32H44N6O4/c1-22-10-8-6-7-9-11-27(36-16-18-37(19-17-36)30(39)42-32(3,4)5)25-14-12-24(13-15-25)23(2)34-29-33-20-26-21-41-31(40)38(22)28(26)35-29/h6,8,12-15,20,22-23,27H,7,9-11,16-19,21H2,1-5H3,(H,33,34,35)/b8-6+/t22-,23-,27?/m0/s1. The number of hydrogen-bond donors (Lipinski definition) is 1. The molecule has 4 bridgehead atoms. The van der Waals surface area contributed by atoms with Crippen LogP contribution in [0.15, 0.2) is 42.6 Å². The highest BCUT2D eigenvalue weighted by Gasteiger charge is 2.32. The van der Waals surface area contributed by atoms with Gasteiger partial charge in [0, 0.05) is 44.5 Å². The Balaban J connectivity index is 1.35. The first-order chi connectivity index (χ1) is 20.1. The van der Waals surface area contributed by atoms with Gasteiger partial charge in [-0.1, -0.05) is 36.4 Å². The smallest absolute Gasteiger partial charge is 0.416 e. The molecule has 10 heteroatoms. The van der Waals surface area contributed by atoms with E-state index in [0.717, 1.165) is 43.5 Å². The van der Waals surface area contributed by atoms with Gasteiger partial charge in [-0.05, 0) is 71.4 Å². The Morgan fingerprint density at radius 1 is 1.05 bits per heavy atom. The van der Waals surface area contributed by atoms with Crippen LogP contribution >= 0.6 is 0 Å². The molecule has 5 heterocycles. The van der Waals surface area contributed by atoms with Gasteiger partial charge >= 0.3 is 12.2 Å². The van der Waals surface area contributed by atoms with Crippen LogP contribution in [0.25, 0.3) is 0 Å². The number of nitrogens with zero attached hydrogens (tertiary/aromatic N) is 5. The summed E-state index contributed by atoms with van der Waals surface area (Å²) in [5, 5.41) is 3.42. The lowest BCUT2D eigenvalue weighted by Gasteiger charge is -2.40. The quantitative estimate of drug-likeness (QED) is 0.400. The molecule has 3 atom stereocenters. The van der Waals surface area contributed by atoms with Crippen molar-refractivity contribution in [1.29, 1.82) is 0 Å². The van der Waals surface area contributed by atoms with E-state index in [0.29, 0.717) is 31.3 Å². The van der Waals surface area contributed by atoms with Crippen LogP contribution in [0.2, 0.25) is 0 Å². The number of fused-ring (bicyclic) bond motifs is 9. The minimum Gasteiger partial charge on any atom is -0.444 e. The lowest BCUT2D eigenvalue weighted by atomic mass is 9.96. The van der Waals surface area contributed by atoms with Gasteiger partial charge in [0.1, 0.15) is 18.0 Å². The second kappa shape index (κ2) is 12.7. The topological polar surface area (TPSA) is 100 Å². The molecule has 1 saturated heterocycles. The number of amides is 2. The fourth-order valence-corrected chi connectivity index (χ4v) is 5.79. The Morgan fingerprint density at radius 2 is 1.76 bits per heavy atom. The molecular weight excluding hydrogens is 532 g/mol. The highest BCUT2D eigenvalue weighted by atomic mass is 16.6. The Morgan fingerprint density at radius 3 is 2.48 bits per heavy atom. The molecule has 0 aliphatic carbocycles. The van der Waals surface area contributed by atoms with E-state index in [-0.39, 0.29) is 36.9 Å². The molecule has 1 N–H and O–H groups in total. The minimum absolute atomic E-state index is 0.0313. The van der Waals surface area contributed by atoms with Gasteiger partial charge < -0.3 is 19.7 Å². The number of rotatable bonds is 1. The molecule has 10 nitrogen and oxygen atoms in total. The van der Waals surface area contributed by atoms with Gasteiger partial charge in [0.25, 0.3) is 0 Å². The summed E-state index contributed by atoms with van der Waals surface area (Å²) in [4.78, 5) is 40.6. The largest absolute Gasteiger partial charge is 0.444 e. The zero-order valence-electron chi connectivity index (χ0n) is 25.5. The van der Waals surface area contributed by atoms with Gasteiger partial charge in [-0.3, -0.25) is 9.80 Å². The Labute approximate surface area is 249 Å².